The Labute approximate surface area is 168 Å². The monoisotopic (exact) mass is 456 g/mol. The number of hydrogen-bond acceptors (Lipinski definition) is 7. The van der Waals surface area contributed by atoms with Crippen molar-refractivity contribution in [2.24, 2.45) is 0 Å². The summed E-state index contributed by atoms with van der Waals surface area (Å²) in [6, 6.07) is 2.28. The molecule has 0 saturated carbocycles. The van der Waals surface area contributed by atoms with Gasteiger partial charge in [0.05, 0.1) is 18.2 Å². The number of carbonyl (C=O) groups excluding carboxylic acids is 3. The molecule has 0 bridgehead atoms. The first kappa shape index (κ1) is 21.2. The first-order valence-corrected chi connectivity index (χ1v) is 8.78. The molecular weight excluding hydrogens is 440 g/mol. The number of carboxylic acid groups (broad SMARTS) is 1. The van der Waals surface area contributed by atoms with Gasteiger partial charge in [0.15, 0.2) is 18.1 Å². The SMILES string of the molecule is CCOC(=O)COc1c(Br)cc(/C=C2/NC(=O)N(CC(=O)O)C2=O)cc1OC. The van der Waals surface area contributed by atoms with Gasteiger partial charge in [-0.15, -0.1) is 0 Å². The Morgan fingerprint density at radius 2 is 2.04 bits per heavy atom. The second-order valence-corrected chi connectivity index (χ2v) is 6.26. The van der Waals surface area contributed by atoms with E-state index in [0.29, 0.717) is 14.9 Å². The molecule has 0 aliphatic carbocycles. The second kappa shape index (κ2) is 9.22. The van der Waals surface area contributed by atoms with Crippen LogP contribution in [0.1, 0.15) is 12.5 Å². The van der Waals surface area contributed by atoms with Gasteiger partial charge in [-0.3, -0.25) is 9.59 Å². The lowest BCUT2D eigenvalue weighted by molar-refractivity contribution is -0.145. The summed E-state index contributed by atoms with van der Waals surface area (Å²) in [5.74, 6) is -2.08. The molecule has 1 fully saturated rings. The number of carboxylic acids is 1. The van der Waals surface area contributed by atoms with Gasteiger partial charge in [-0.25, -0.2) is 14.5 Å². The fraction of sp³-hybridized carbons (Fsp3) is 0.294. The van der Waals surface area contributed by atoms with E-state index in [1.807, 2.05) is 0 Å². The Balaban J connectivity index is 2.25. The third kappa shape index (κ3) is 5.00. The minimum absolute atomic E-state index is 0.0830. The molecule has 0 spiro atoms. The van der Waals surface area contributed by atoms with Gasteiger partial charge >= 0.3 is 18.0 Å². The number of rotatable bonds is 8. The molecule has 1 aromatic rings. The Morgan fingerprint density at radius 1 is 1.32 bits per heavy atom. The van der Waals surface area contributed by atoms with Gasteiger partial charge in [-0.2, -0.15) is 0 Å². The average Bonchev–Trinajstić information content (AvgIpc) is 2.87. The van der Waals surface area contributed by atoms with E-state index in [1.165, 1.54) is 19.3 Å². The van der Waals surface area contributed by atoms with Gasteiger partial charge in [0, 0.05) is 0 Å². The molecule has 0 atom stereocenters. The van der Waals surface area contributed by atoms with Gasteiger partial charge in [0.25, 0.3) is 5.91 Å². The van der Waals surface area contributed by atoms with Crippen LogP contribution >= 0.6 is 15.9 Å². The predicted molar refractivity (Wildman–Crippen MR) is 98.7 cm³/mol. The topological polar surface area (TPSA) is 131 Å². The average molecular weight is 457 g/mol. The first-order valence-electron chi connectivity index (χ1n) is 7.99. The van der Waals surface area contributed by atoms with E-state index in [2.05, 4.69) is 21.2 Å². The smallest absolute Gasteiger partial charge is 0.344 e. The maximum atomic E-state index is 12.2. The van der Waals surface area contributed by atoms with Gasteiger partial charge < -0.3 is 24.6 Å². The van der Waals surface area contributed by atoms with Gasteiger partial charge in [-0.05, 0) is 46.6 Å². The maximum Gasteiger partial charge on any atom is 0.344 e. The molecule has 1 aliphatic rings. The van der Waals surface area contributed by atoms with E-state index in [0.717, 1.165) is 0 Å². The molecule has 0 radical (unpaired) electrons. The van der Waals surface area contributed by atoms with Crippen molar-refractivity contribution in [2.45, 2.75) is 6.92 Å². The normalized spacial score (nSPS) is 14.8. The number of hydrogen-bond donors (Lipinski definition) is 2. The lowest BCUT2D eigenvalue weighted by atomic mass is 10.1. The van der Waals surface area contributed by atoms with Crippen molar-refractivity contribution >= 4 is 45.9 Å². The standard InChI is InChI=1S/C17H17BrN2O8/c1-3-27-14(23)8-28-15-10(18)4-9(6-12(15)26-2)5-11-16(24)20(7-13(21)22)17(25)19-11/h4-6H,3,7-8H2,1-2H3,(H,19,25)(H,21,22)/b11-5+. The second-order valence-electron chi connectivity index (χ2n) is 5.40. The number of ether oxygens (including phenoxy) is 3. The highest BCUT2D eigenvalue weighted by molar-refractivity contribution is 9.10. The summed E-state index contributed by atoms with van der Waals surface area (Å²) in [6.07, 6.45) is 1.37. The predicted octanol–water partition coefficient (Wildman–Crippen LogP) is 1.38. The van der Waals surface area contributed by atoms with Gasteiger partial charge in [0.1, 0.15) is 12.2 Å². The van der Waals surface area contributed by atoms with E-state index < -0.39 is 30.4 Å². The fourth-order valence-corrected chi connectivity index (χ4v) is 2.89. The van der Waals surface area contributed by atoms with E-state index >= 15 is 0 Å². The first-order chi connectivity index (χ1) is 13.3. The molecule has 1 saturated heterocycles. The van der Waals surface area contributed by atoms with E-state index in [1.54, 1.807) is 13.0 Å². The molecule has 1 aliphatic heterocycles. The zero-order chi connectivity index (χ0) is 20.8. The number of imide groups is 1. The van der Waals surface area contributed by atoms with Crippen LogP contribution in [-0.2, 0) is 19.1 Å². The van der Waals surface area contributed by atoms with Crippen molar-refractivity contribution in [3.8, 4) is 11.5 Å². The minimum atomic E-state index is -1.31. The molecule has 28 heavy (non-hydrogen) atoms. The number of urea groups is 1. The van der Waals surface area contributed by atoms with Crippen LogP contribution in [0.25, 0.3) is 6.08 Å². The fourth-order valence-electron chi connectivity index (χ4n) is 2.31. The number of benzene rings is 1. The molecule has 0 unspecified atom stereocenters. The van der Waals surface area contributed by atoms with Gasteiger partial charge in [-0.1, -0.05) is 0 Å². The number of nitrogens with one attached hydrogen (secondary N) is 1. The number of nitrogens with zero attached hydrogens (tertiary/aromatic N) is 1. The highest BCUT2D eigenvalue weighted by Gasteiger charge is 2.34. The largest absolute Gasteiger partial charge is 0.493 e. The maximum absolute atomic E-state index is 12.2. The van der Waals surface area contributed by atoms with E-state index in [9.17, 15) is 19.2 Å². The lowest BCUT2D eigenvalue weighted by Crippen LogP contribution is -2.35. The quantitative estimate of drug-likeness (QED) is 0.340. The van der Waals surface area contributed by atoms with Crippen molar-refractivity contribution in [1.82, 2.24) is 10.2 Å². The lowest BCUT2D eigenvalue weighted by Gasteiger charge is -2.13. The Hall–Kier alpha value is -3.08. The summed E-state index contributed by atoms with van der Waals surface area (Å²) in [5, 5.41) is 11.1. The highest BCUT2D eigenvalue weighted by atomic mass is 79.9. The Bertz CT molecular complexity index is 852. The number of methoxy groups -OCH3 is 1. The molecule has 11 heteroatoms. The zero-order valence-corrected chi connectivity index (χ0v) is 16.6. The van der Waals surface area contributed by atoms with Crippen LogP contribution in [0, 0.1) is 0 Å². The summed E-state index contributed by atoms with van der Waals surface area (Å²) < 4.78 is 15.9. The van der Waals surface area contributed by atoms with Crippen LogP contribution in [0.3, 0.4) is 0 Å². The molecule has 2 N–H and O–H groups in total. The van der Waals surface area contributed by atoms with Crippen molar-refractivity contribution in [3.63, 3.8) is 0 Å². The van der Waals surface area contributed by atoms with Gasteiger partial charge in [0.2, 0.25) is 0 Å². The summed E-state index contributed by atoms with van der Waals surface area (Å²) in [6.45, 7) is 0.848. The molecule has 3 amide bonds. The number of amides is 3. The molecule has 150 valence electrons. The van der Waals surface area contributed by atoms with Crippen LogP contribution in [0.4, 0.5) is 4.79 Å². The van der Waals surface area contributed by atoms with Crippen molar-refractivity contribution in [1.29, 1.82) is 0 Å². The highest BCUT2D eigenvalue weighted by Crippen LogP contribution is 2.37. The third-order valence-electron chi connectivity index (χ3n) is 3.46. The van der Waals surface area contributed by atoms with Crippen molar-refractivity contribution < 1.29 is 38.5 Å². The third-order valence-corrected chi connectivity index (χ3v) is 4.05. The molecule has 1 aromatic carbocycles. The molecule has 1 heterocycles. The molecule has 2 rings (SSSR count). The van der Waals surface area contributed by atoms with Crippen LogP contribution in [-0.4, -0.2) is 60.8 Å². The van der Waals surface area contributed by atoms with Crippen molar-refractivity contribution in [2.75, 3.05) is 26.9 Å². The van der Waals surface area contributed by atoms with E-state index in [4.69, 9.17) is 19.3 Å². The minimum Gasteiger partial charge on any atom is -0.493 e. The van der Waals surface area contributed by atoms with E-state index in [-0.39, 0.29) is 30.4 Å². The number of halogens is 1. The van der Waals surface area contributed by atoms with Crippen LogP contribution in [0.2, 0.25) is 0 Å². The molecule has 0 aromatic heterocycles. The summed E-state index contributed by atoms with van der Waals surface area (Å²) >= 11 is 3.30. The summed E-state index contributed by atoms with van der Waals surface area (Å²) in [5.41, 5.74) is 0.383. The van der Waals surface area contributed by atoms with Crippen LogP contribution in [0.15, 0.2) is 22.3 Å². The zero-order valence-electron chi connectivity index (χ0n) is 15.0. The number of carbonyl (C=O) groups is 4. The molecular formula is C17H17BrN2O8. The van der Waals surface area contributed by atoms with Crippen LogP contribution < -0.4 is 14.8 Å². The summed E-state index contributed by atoms with van der Waals surface area (Å²) in [7, 11) is 1.40. The number of aliphatic carboxylic acids is 1. The molecule has 10 nitrogen and oxygen atoms in total. The van der Waals surface area contributed by atoms with Crippen LogP contribution in [0.5, 0.6) is 11.5 Å². The van der Waals surface area contributed by atoms with Crippen molar-refractivity contribution in [3.05, 3.63) is 27.9 Å². The Morgan fingerprint density at radius 3 is 2.64 bits per heavy atom. The Kier molecular flexibility index (Phi) is 6.99. The number of esters is 1. The summed E-state index contributed by atoms with van der Waals surface area (Å²) in [4.78, 5) is 46.8.